The highest BCUT2D eigenvalue weighted by Crippen LogP contribution is 2.36. The molecule has 0 atom stereocenters. The van der Waals surface area contributed by atoms with E-state index in [2.05, 4.69) is 20.6 Å². The fourth-order valence-electron chi connectivity index (χ4n) is 5.10. The lowest BCUT2D eigenvalue weighted by atomic mass is 10.0. The van der Waals surface area contributed by atoms with Crippen molar-refractivity contribution in [2.45, 2.75) is 6.54 Å². The zero-order chi connectivity index (χ0) is 32.9. The second-order valence-electron chi connectivity index (χ2n) is 10.5. The van der Waals surface area contributed by atoms with E-state index in [0.29, 0.717) is 62.3 Å². The summed E-state index contributed by atoms with van der Waals surface area (Å²) in [5.41, 5.74) is 9.36. The highest BCUT2D eigenvalue weighted by molar-refractivity contribution is 6.07. The smallest absolute Gasteiger partial charge is 0.255 e. The van der Waals surface area contributed by atoms with Crippen LogP contribution in [0, 0.1) is 0 Å². The monoisotopic (exact) mass is 629 g/mol. The molecular formula is C36H31N5O6. The van der Waals surface area contributed by atoms with Gasteiger partial charge in [0.25, 0.3) is 11.8 Å². The topological polar surface area (TPSA) is 147 Å². The number of hydrogen-bond acceptors (Lipinski definition) is 9. The number of fused-ring (bicyclic) bond motifs is 2. The van der Waals surface area contributed by atoms with Gasteiger partial charge < -0.3 is 35.3 Å². The van der Waals surface area contributed by atoms with Crippen LogP contribution in [-0.2, 0) is 6.54 Å². The molecule has 0 saturated carbocycles. The molecule has 0 aliphatic heterocycles. The van der Waals surface area contributed by atoms with E-state index in [0.717, 1.165) is 16.3 Å². The van der Waals surface area contributed by atoms with Crippen molar-refractivity contribution < 1.29 is 28.5 Å². The molecule has 236 valence electrons. The minimum absolute atomic E-state index is 0.232. The van der Waals surface area contributed by atoms with Crippen molar-refractivity contribution in [2.75, 3.05) is 32.4 Å². The largest absolute Gasteiger partial charge is 0.497 e. The Bertz CT molecular complexity index is 2120. The van der Waals surface area contributed by atoms with Gasteiger partial charge in [-0.15, -0.1) is 0 Å². The maximum atomic E-state index is 13.3. The zero-order valence-corrected chi connectivity index (χ0v) is 25.9. The Hall–Kier alpha value is -6.36. The van der Waals surface area contributed by atoms with Crippen LogP contribution >= 0.6 is 0 Å². The molecule has 0 saturated heterocycles. The summed E-state index contributed by atoms with van der Waals surface area (Å²) >= 11 is 0. The molecule has 0 unspecified atom stereocenters. The fourth-order valence-corrected chi connectivity index (χ4v) is 5.10. The van der Waals surface area contributed by atoms with Crippen LogP contribution in [0.3, 0.4) is 0 Å². The van der Waals surface area contributed by atoms with E-state index in [1.807, 2.05) is 24.3 Å². The first-order valence-electron chi connectivity index (χ1n) is 14.6. The normalized spacial score (nSPS) is 10.8. The Balaban J connectivity index is 1.13. The molecule has 2 amide bonds. The summed E-state index contributed by atoms with van der Waals surface area (Å²) < 4.78 is 22.1. The average Bonchev–Trinajstić information content (AvgIpc) is 3.10. The molecule has 5 aromatic carbocycles. The van der Waals surface area contributed by atoms with Crippen molar-refractivity contribution in [1.82, 2.24) is 15.3 Å². The molecule has 6 rings (SSSR count). The Morgan fingerprint density at radius 2 is 1.51 bits per heavy atom. The third-order valence-corrected chi connectivity index (χ3v) is 7.59. The van der Waals surface area contributed by atoms with Crippen LogP contribution in [0.15, 0.2) is 97.3 Å². The third kappa shape index (κ3) is 6.54. The molecule has 4 N–H and O–H groups in total. The van der Waals surface area contributed by atoms with Gasteiger partial charge in [-0.1, -0.05) is 24.3 Å². The SMILES string of the molecule is COc1ccc(NC(=O)c2ccc(CNC(=O)c3cccc4cc(Oc5ncnc6cc(OC)c(OC)cc56)ccc34)cc2)c(N)c1. The van der Waals surface area contributed by atoms with Gasteiger partial charge in [0, 0.05) is 29.8 Å². The number of nitrogens with zero attached hydrogens (tertiary/aromatic N) is 2. The number of anilines is 2. The molecule has 0 bridgehead atoms. The van der Waals surface area contributed by atoms with Crippen molar-refractivity contribution in [3.63, 3.8) is 0 Å². The summed E-state index contributed by atoms with van der Waals surface area (Å²) in [5.74, 6) is 2.06. The van der Waals surface area contributed by atoms with E-state index in [1.165, 1.54) is 6.33 Å². The van der Waals surface area contributed by atoms with E-state index in [9.17, 15) is 9.59 Å². The molecule has 0 aliphatic rings. The zero-order valence-electron chi connectivity index (χ0n) is 25.9. The van der Waals surface area contributed by atoms with E-state index >= 15 is 0 Å². The van der Waals surface area contributed by atoms with Gasteiger partial charge in [-0.05, 0) is 70.9 Å². The molecule has 0 aliphatic carbocycles. The van der Waals surface area contributed by atoms with E-state index < -0.39 is 0 Å². The summed E-state index contributed by atoms with van der Waals surface area (Å²) in [4.78, 5) is 34.7. The molecule has 0 fully saturated rings. The predicted molar refractivity (Wildman–Crippen MR) is 180 cm³/mol. The summed E-state index contributed by atoms with van der Waals surface area (Å²) in [6.07, 6.45) is 1.42. The third-order valence-electron chi connectivity index (χ3n) is 7.59. The number of ether oxygens (including phenoxy) is 4. The van der Waals surface area contributed by atoms with Crippen molar-refractivity contribution in [1.29, 1.82) is 0 Å². The number of hydrogen-bond donors (Lipinski definition) is 3. The van der Waals surface area contributed by atoms with Crippen LogP contribution in [0.2, 0.25) is 0 Å². The Morgan fingerprint density at radius 1 is 0.745 bits per heavy atom. The Morgan fingerprint density at radius 3 is 2.26 bits per heavy atom. The summed E-state index contributed by atoms with van der Waals surface area (Å²) in [5, 5.41) is 8.02. The lowest BCUT2D eigenvalue weighted by molar-refractivity contribution is 0.0951. The fraction of sp³-hybridized carbons (Fsp3) is 0.111. The first kappa shape index (κ1) is 30.7. The second kappa shape index (κ2) is 13.3. The van der Waals surface area contributed by atoms with Crippen LogP contribution < -0.4 is 35.3 Å². The maximum Gasteiger partial charge on any atom is 0.255 e. The van der Waals surface area contributed by atoms with Crippen molar-refractivity contribution in [2.24, 2.45) is 0 Å². The molecule has 11 heteroatoms. The molecule has 1 heterocycles. The van der Waals surface area contributed by atoms with Gasteiger partial charge in [0.15, 0.2) is 11.5 Å². The van der Waals surface area contributed by atoms with Crippen molar-refractivity contribution in [3.8, 4) is 28.9 Å². The minimum atomic E-state index is -0.301. The number of carbonyl (C=O) groups excluding carboxylic acids is 2. The number of aromatic nitrogens is 2. The number of nitrogen functional groups attached to an aromatic ring is 1. The lowest BCUT2D eigenvalue weighted by Crippen LogP contribution is -2.23. The Labute approximate surface area is 270 Å². The van der Waals surface area contributed by atoms with Gasteiger partial charge in [0.2, 0.25) is 5.88 Å². The molecule has 0 radical (unpaired) electrons. The second-order valence-corrected chi connectivity index (χ2v) is 10.5. The van der Waals surface area contributed by atoms with Gasteiger partial charge in [-0.2, -0.15) is 0 Å². The van der Waals surface area contributed by atoms with Gasteiger partial charge in [0.1, 0.15) is 17.8 Å². The van der Waals surface area contributed by atoms with Gasteiger partial charge in [-0.3, -0.25) is 9.59 Å². The number of carbonyl (C=O) groups is 2. The van der Waals surface area contributed by atoms with E-state index in [4.69, 9.17) is 24.7 Å². The van der Waals surface area contributed by atoms with Crippen LogP contribution in [-0.4, -0.2) is 43.1 Å². The summed E-state index contributed by atoms with van der Waals surface area (Å²) in [6.45, 7) is 0.277. The standard InChI is InChI=1S/C36H31N5O6/c1-44-24-12-14-30(29(37)16-24)41-34(42)22-9-7-21(8-10-22)19-38-35(43)27-6-4-5-23-15-25(11-13-26(23)27)47-36-28-17-32(45-2)33(46-3)18-31(28)39-20-40-36/h4-18,20H,19,37H2,1-3H3,(H,38,43)(H,41,42). The molecule has 0 spiro atoms. The lowest BCUT2D eigenvalue weighted by Gasteiger charge is -2.13. The summed E-state index contributed by atoms with van der Waals surface area (Å²) in [6, 6.07) is 26.6. The molecule has 11 nitrogen and oxygen atoms in total. The van der Waals surface area contributed by atoms with Crippen LogP contribution in [0.1, 0.15) is 26.3 Å². The summed E-state index contributed by atoms with van der Waals surface area (Å²) in [7, 11) is 4.67. The van der Waals surface area contributed by atoms with E-state index in [1.54, 1.807) is 88.1 Å². The Kier molecular flexibility index (Phi) is 8.69. The number of nitrogens with one attached hydrogen (secondary N) is 2. The highest BCUT2D eigenvalue weighted by Gasteiger charge is 2.15. The first-order valence-corrected chi connectivity index (χ1v) is 14.6. The van der Waals surface area contributed by atoms with Gasteiger partial charge >= 0.3 is 0 Å². The molecule has 6 aromatic rings. The molecule has 1 aromatic heterocycles. The minimum Gasteiger partial charge on any atom is -0.497 e. The van der Waals surface area contributed by atoms with Crippen molar-refractivity contribution >= 4 is 44.9 Å². The number of benzene rings is 5. The van der Waals surface area contributed by atoms with Gasteiger partial charge in [0.05, 0.1) is 43.6 Å². The van der Waals surface area contributed by atoms with Gasteiger partial charge in [-0.25, -0.2) is 9.97 Å². The van der Waals surface area contributed by atoms with Crippen LogP contribution in [0.5, 0.6) is 28.9 Å². The molecular weight excluding hydrogens is 598 g/mol. The van der Waals surface area contributed by atoms with Crippen molar-refractivity contribution in [3.05, 3.63) is 114 Å². The molecule has 47 heavy (non-hydrogen) atoms. The highest BCUT2D eigenvalue weighted by atomic mass is 16.5. The van der Waals surface area contributed by atoms with Crippen LogP contribution in [0.4, 0.5) is 11.4 Å². The number of nitrogens with two attached hydrogens (primary N) is 1. The average molecular weight is 630 g/mol. The number of rotatable bonds is 10. The first-order chi connectivity index (χ1) is 22.9. The number of amides is 2. The van der Waals surface area contributed by atoms with Crippen LogP contribution in [0.25, 0.3) is 21.7 Å². The number of methoxy groups -OCH3 is 3. The maximum absolute atomic E-state index is 13.3. The van der Waals surface area contributed by atoms with E-state index in [-0.39, 0.29) is 18.4 Å². The predicted octanol–water partition coefficient (Wildman–Crippen LogP) is 6.37. The quantitative estimate of drug-likeness (QED) is 0.147.